The van der Waals surface area contributed by atoms with Crippen LogP contribution in [0.2, 0.25) is 0 Å². The van der Waals surface area contributed by atoms with Crippen LogP contribution in [0.5, 0.6) is 0 Å². The molecular weight excluding hydrogens is 220 g/mol. The second kappa shape index (κ2) is 4.58. The highest BCUT2D eigenvalue weighted by molar-refractivity contribution is 7.96. The molecule has 0 saturated heterocycles. The highest BCUT2D eigenvalue weighted by atomic mass is 32.2. The van der Waals surface area contributed by atoms with E-state index in [2.05, 4.69) is 0 Å². The molecule has 0 aliphatic rings. The minimum Gasteiger partial charge on any atom is -0.398 e. The SMILES string of the molecule is NC(=S)c1cc(SN(N)O)ccc1N. The molecule has 0 aromatic heterocycles. The summed E-state index contributed by atoms with van der Waals surface area (Å²) in [4.78, 5) is 0.915. The van der Waals surface area contributed by atoms with E-state index in [0.717, 1.165) is 11.9 Å². The van der Waals surface area contributed by atoms with Gasteiger partial charge in [0.1, 0.15) is 4.99 Å². The molecule has 1 aromatic carbocycles. The van der Waals surface area contributed by atoms with E-state index in [1.807, 2.05) is 0 Å². The molecule has 0 fully saturated rings. The van der Waals surface area contributed by atoms with Crippen LogP contribution in [0, 0.1) is 0 Å². The zero-order valence-electron chi connectivity index (χ0n) is 7.18. The van der Waals surface area contributed by atoms with E-state index in [0.29, 0.717) is 20.7 Å². The summed E-state index contributed by atoms with van der Waals surface area (Å²) in [6.45, 7) is 0. The van der Waals surface area contributed by atoms with Crippen molar-refractivity contribution < 1.29 is 5.21 Å². The molecule has 0 bridgehead atoms. The third-order valence-corrected chi connectivity index (χ3v) is 2.36. The molecule has 0 aliphatic heterocycles. The van der Waals surface area contributed by atoms with Crippen molar-refractivity contribution in [2.24, 2.45) is 11.6 Å². The summed E-state index contributed by atoms with van der Waals surface area (Å²) in [5.41, 5.74) is 12.2. The van der Waals surface area contributed by atoms with Crippen molar-refractivity contribution in [1.82, 2.24) is 4.58 Å². The summed E-state index contributed by atoms with van der Waals surface area (Å²) < 4.78 is 0.495. The van der Waals surface area contributed by atoms with Crippen LogP contribution in [0.1, 0.15) is 5.56 Å². The lowest BCUT2D eigenvalue weighted by Gasteiger charge is -2.09. The summed E-state index contributed by atoms with van der Waals surface area (Å²) in [5.74, 6) is 5.05. The van der Waals surface area contributed by atoms with Gasteiger partial charge in [-0.15, -0.1) is 0 Å². The normalized spacial score (nSPS) is 10.5. The molecule has 0 spiro atoms. The number of nitrogens with zero attached hydrogens (tertiary/aromatic N) is 1. The molecule has 0 aliphatic carbocycles. The lowest BCUT2D eigenvalue weighted by molar-refractivity contribution is 0.0164. The van der Waals surface area contributed by atoms with Crippen molar-refractivity contribution in [1.29, 1.82) is 0 Å². The molecule has 0 amide bonds. The monoisotopic (exact) mass is 230 g/mol. The van der Waals surface area contributed by atoms with Gasteiger partial charge in [-0.25, -0.2) is 5.84 Å². The first-order valence-electron chi connectivity index (χ1n) is 3.61. The Labute approximate surface area is 90.9 Å². The Balaban J connectivity index is 3.00. The molecule has 7 N–H and O–H groups in total. The van der Waals surface area contributed by atoms with Crippen LogP contribution in [-0.4, -0.2) is 14.8 Å². The molecule has 1 rings (SSSR count). The van der Waals surface area contributed by atoms with Crippen LogP contribution in [0.3, 0.4) is 0 Å². The van der Waals surface area contributed by atoms with Gasteiger partial charge in [0.25, 0.3) is 0 Å². The smallest absolute Gasteiger partial charge is 0.106 e. The fourth-order valence-electron chi connectivity index (χ4n) is 0.914. The second-order valence-electron chi connectivity index (χ2n) is 2.51. The fraction of sp³-hybridized carbons (Fsp3) is 0. The zero-order valence-corrected chi connectivity index (χ0v) is 8.81. The summed E-state index contributed by atoms with van der Waals surface area (Å²) in [6.07, 6.45) is 0. The average molecular weight is 230 g/mol. The first-order valence-corrected chi connectivity index (χ1v) is 4.80. The standard InChI is InChI=1S/C7H10N4OS2/c8-6-2-1-4(14-11(10)12)3-5(6)7(9)13/h1-3,12H,8,10H2,(H2,9,13). The van der Waals surface area contributed by atoms with Gasteiger partial charge in [0.2, 0.25) is 0 Å². The summed E-state index contributed by atoms with van der Waals surface area (Å²) >= 11 is 5.74. The molecule has 5 nitrogen and oxygen atoms in total. The maximum atomic E-state index is 8.78. The Morgan fingerprint density at radius 2 is 2.14 bits per heavy atom. The third-order valence-electron chi connectivity index (χ3n) is 1.49. The van der Waals surface area contributed by atoms with E-state index in [-0.39, 0.29) is 4.99 Å². The van der Waals surface area contributed by atoms with Gasteiger partial charge in [-0.2, -0.15) is 0 Å². The molecule has 0 saturated carbocycles. The minimum absolute atomic E-state index is 0.214. The highest BCUT2D eigenvalue weighted by Gasteiger charge is 2.05. The maximum absolute atomic E-state index is 8.78. The quantitative estimate of drug-likeness (QED) is 0.197. The van der Waals surface area contributed by atoms with Gasteiger partial charge < -0.3 is 11.5 Å². The number of thiocarbonyl (C=S) groups is 1. The molecule has 0 radical (unpaired) electrons. The highest BCUT2D eigenvalue weighted by Crippen LogP contribution is 2.23. The minimum atomic E-state index is 0.214. The summed E-state index contributed by atoms with van der Waals surface area (Å²) in [6, 6.07) is 5.02. The molecular formula is C7H10N4OS2. The predicted octanol–water partition coefficient (Wildman–Crippen LogP) is 0.475. The first kappa shape index (κ1) is 11.2. The maximum Gasteiger partial charge on any atom is 0.106 e. The van der Waals surface area contributed by atoms with Gasteiger partial charge in [0.15, 0.2) is 0 Å². The van der Waals surface area contributed by atoms with E-state index in [1.54, 1.807) is 18.2 Å². The van der Waals surface area contributed by atoms with Crippen molar-refractivity contribution in [2.75, 3.05) is 5.73 Å². The van der Waals surface area contributed by atoms with Crippen LogP contribution < -0.4 is 17.3 Å². The van der Waals surface area contributed by atoms with E-state index < -0.39 is 0 Å². The Bertz CT molecular complexity index is 356. The molecule has 76 valence electrons. The van der Waals surface area contributed by atoms with Gasteiger partial charge in [-0.1, -0.05) is 16.8 Å². The van der Waals surface area contributed by atoms with Gasteiger partial charge in [-0.05, 0) is 18.2 Å². The number of hydrazine groups is 1. The van der Waals surface area contributed by atoms with E-state index in [9.17, 15) is 0 Å². The number of nitrogens with two attached hydrogens (primary N) is 3. The lowest BCUT2D eigenvalue weighted by Crippen LogP contribution is -2.18. The Morgan fingerprint density at radius 3 is 2.64 bits per heavy atom. The summed E-state index contributed by atoms with van der Waals surface area (Å²) in [7, 11) is 0. The predicted molar refractivity (Wildman–Crippen MR) is 60.4 cm³/mol. The van der Waals surface area contributed by atoms with Crippen LogP contribution in [0.25, 0.3) is 0 Å². The van der Waals surface area contributed by atoms with Crippen molar-refractivity contribution in [3.05, 3.63) is 23.8 Å². The van der Waals surface area contributed by atoms with Gasteiger partial charge in [0, 0.05) is 28.1 Å². The summed E-state index contributed by atoms with van der Waals surface area (Å²) in [5, 5.41) is 8.78. The lowest BCUT2D eigenvalue weighted by atomic mass is 10.2. The largest absolute Gasteiger partial charge is 0.398 e. The number of anilines is 1. The Kier molecular flexibility index (Phi) is 3.67. The van der Waals surface area contributed by atoms with Gasteiger partial charge >= 0.3 is 0 Å². The Hall–Kier alpha value is -0.860. The molecule has 0 unspecified atom stereocenters. The second-order valence-corrected chi connectivity index (χ2v) is 3.98. The van der Waals surface area contributed by atoms with E-state index in [4.69, 9.17) is 34.7 Å². The van der Waals surface area contributed by atoms with Crippen LogP contribution >= 0.6 is 24.2 Å². The van der Waals surface area contributed by atoms with Crippen LogP contribution in [0.15, 0.2) is 23.1 Å². The molecule has 7 heteroatoms. The number of benzene rings is 1. The number of hydrogen-bond donors (Lipinski definition) is 4. The van der Waals surface area contributed by atoms with Crippen molar-refractivity contribution in [3.8, 4) is 0 Å². The molecule has 14 heavy (non-hydrogen) atoms. The molecule has 0 heterocycles. The van der Waals surface area contributed by atoms with Gasteiger partial charge in [-0.3, -0.25) is 5.21 Å². The van der Waals surface area contributed by atoms with Crippen LogP contribution in [-0.2, 0) is 0 Å². The van der Waals surface area contributed by atoms with Crippen molar-refractivity contribution in [2.45, 2.75) is 4.90 Å². The first-order chi connectivity index (χ1) is 6.50. The number of nitrogen functional groups attached to an aromatic ring is 1. The van der Waals surface area contributed by atoms with Gasteiger partial charge in [0.05, 0.1) is 0 Å². The Morgan fingerprint density at radius 1 is 1.50 bits per heavy atom. The van der Waals surface area contributed by atoms with Crippen LogP contribution in [0.4, 0.5) is 5.69 Å². The molecule has 1 aromatic rings. The third kappa shape index (κ3) is 2.82. The van der Waals surface area contributed by atoms with Crippen molar-refractivity contribution in [3.63, 3.8) is 0 Å². The average Bonchev–Trinajstić information content (AvgIpc) is 2.07. The van der Waals surface area contributed by atoms with E-state index >= 15 is 0 Å². The fourth-order valence-corrected chi connectivity index (χ4v) is 1.61. The molecule has 0 atom stereocenters. The van der Waals surface area contributed by atoms with E-state index in [1.165, 1.54) is 0 Å². The number of rotatable bonds is 3. The van der Waals surface area contributed by atoms with Crippen molar-refractivity contribution >= 4 is 34.8 Å². The zero-order chi connectivity index (χ0) is 10.7. The topological polar surface area (TPSA) is 102 Å². The number of hydrogen-bond acceptors (Lipinski definition) is 6.